The van der Waals surface area contributed by atoms with E-state index in [-0.39, 0.29) is 17.9 Å². The zero-order chi connectivity index (χ0) is 18.0. The van der Waals surface area contributed by atoms with Gasteiger partial charge in [-0.25, -0.2) is 4.98 Å². The number of ketones is 1. The molecule has 1 aliphatic carbocycles. The van der Waals surface area contributed by atoms with Crippen LogP contribution in [0.3, 0.4) is 0 Å². The number of amides is 1. The Kier molecular flexibility index (Phi) is 4.71. The van der Waals surface area contributed by atoms with Crippen molar-refractivity contribution in [3.63, 3.8) is 0 Å². The number of carbonyl (C=O) groups excluding carboxylic acids is 2. The Morgan fingerprint density at radius 2 is 2.08 bits per heavy atom. The van der Waals surface area contributed by atoms with Crippen LogP contribution >= 0.6 is 11.3 Å². The Labute approximate surface area is 145 Å². The van der Waals surface area contributed by atoms with Gasteiger partial charge in [-0.05, 0) is 30.4 Å². The molecule has 0 radical (unpaired) electrons. The first-order chi connectivity index (χ1) is 11.8. The fourth-order valence-electron chi connectivity index (χ4n) is 2.39. The molecule has 4 nitrogen and oxygen atoms in total. The predicted molar refractivity (Wildman–Crippen MR) is 87.3 cm³/mol. The fourth-order valence-corrected chi connectivity index (χ4v) is 3.45. The molecule has 1 heterocycles. The number of nitrogens with zero attached hydrogens (tertiary/aromatic N) is 1. The molecule has 25 heavy (non-hydrogen) atoms. The summed E-state index contributed by atoms with van der Waals surface area (Å²) in [4.78, 5) is 28.6. The summed E-state index contributed by atoms with van der Waals surface area (Å²) >= 11 is 1.41. The third-order valence-corrected chi connectivity index (χ3v) is 4.74. The minimum Gasteiger partial charge on any atom is -0.352 e. The number of alkyl halides is 3. The van der Waals surface area contributed by atoms with Crippen LogP contribution in [0.2, 0.25) is 0 Å². The Bertz CT molecular complexity index is 856. The van der Waals surface area contributed by atoms with E-state index in [1.807, 2.05) is 0 Å². The number of nitrogens with one attached hydrogen (secondary N) is 1. The number of carbonyl (C=O) groups is 2. The highest BCUT2D eigenvalue weighted by Crippen LogP contribution is 2.29. The number of thiazole rings is 1. The van der Waals surface area contributed by atoms with E-state index in [0.29, 0.717) is 12.8 Å². The van der Waals surface area contributed by atoms with Gasteiger partial charge >= 0.3 is 6.18 Å². The Balaban J connectivity index is 1.58. The van der Waals surface area contributed by atoms with Crippen molar-refractivity contribution in [1.82, 2.24) is 10.3 Å². The number of aromatic nitrogens is 1. The molecule has 0 aliphatic heterocycles. The standard InChI is InChI=1S/C17H13F3N2O2S/c18-17(19,20)11-3-1-2-10(8-11)16(24)21-7-6-15-22-13-5-4-12(23)9-14(13)25-15/h1-5,8H,6-7,9H2,(H,21,24). The van der Waals surface area contributed by atoms with E-state index < -0.39 is 17.6 Å². The second-order valence-electron chi connectivity index (χ2n) is 5.48. The normalized spacial score (nSPS) is 13.6. The lowest BCUT2D eigenvalue weighted by molar-refractivity contribution is -0.137. The average Bonchev–Trinajstić information content (AvgIpc) is 2.96. The zero-order valence-electron chi connectivity index (χ0n) is 12.9. The molecule has 1 aliphatic rings. The molecule has 8 heteroatoms. The van der Waals surface area contributed by atoms with Gasteiger partial charge < -0.3 is 5.32 Å². The minimum absolute atomic E-state index is 0.0283. The van der Waals surface area contributed by atoms with Crippen molar-refractivity contribution in [2.75, 3.05) is 6.54 Å². The predicted octanol–water partition coefficient (Wildman–Crippen LogP) is 3.27. The highest BCUT2D eigenvalue weighted by atomic mass is 32.1. The maximum Gasteiger partial charge on any atom is 0.416 e. The third kappa shape index (κ3) is 4.14. The lowest BCUT2D eigenvalue weighted by atomic mass is 10.1. The first kappa shape index (κ1) is 17.3. The molecule has 130 valence electrons. The molecule has 1 aromatic carbocycles. The molecule has 2 aromatic rings. The number of hydrogen-bond acceptors (Lipinski definition) is 4. The summed E-state index contributed by atoms with van der Waals surface area (Å²) in [6, 6.07) is 4.29. The van der Waals surface area contributed by atoms with Gasteiger partial charge in [-0.3, -0.25) is 9.59 Å². The molecule has 1 aromatic heterocycles. The molecule has 1 N–H and O–H groups in total. The van der Waals surface area contributed by atoms with Gasteiger partial charge in [0, 0.05) is 29.8 Å². The maximum absolute atomic E-state index is 12.7. The summed E-state index contributed by atoms with van der Waals surface area (Å²) in [5.41, 5.74) is -0.130. The van der Waals surface area contributed by atoms with Crippen LogP contribution in [0, 0.1) is 0 Å². The first-order valence-electron chi connectivity index (χ1n) is 7.48. The van der Waals surface area contributed by atoms with Crippen molar-refractivity contribution in [3.8, 4) is 0 Å². The van der Waals surface area contributed by atoms with Crippen molar-refractivity contribution in [2.24, 2.45) is 0 Å². The number of benzene rings is 1. The quantitative estimate of drug-likeness (QED) is 0.904. The van der Waals surface area contributed by atoms with Crippen molar-refractivity contribution < 1.29 is 22.8 Å². The zero-order valence-corrected chi connectivity index (χ0v) is 13.7. The molecular weight excluding hydrogens is 353 g/mol. The van der Waals surface area contributed by atoms with E-state index in [2.05, 4.69) is 10.3 Å². The Hall–Kier alpha value is -2.48. The summed E-state index contributed by atoms with van der Waals surface area (Å²) in [5, 5.41) is 3.36. The molecule has 0 saturated carbocycles. The smallest absolute Gasteiger partial charge is 0.352 e. The summed E-state index contributed by atoms with van der Waals surface area (Å²) in [6.45, 7) is 0.249. The van der Waals surface area contributed by atoms with Gasteiger partial charge in [0.1, 0.15) is 0 Å². The van der Waals surface area contributed by atoms with Crippen molar-refractivity contribution in [2.45, 2.75) is 19.0 Å². The molecule has 0 bridgehead atoms. The number of hydrogen-bond donors (Lipinski definition) is 1. The average molecular weight is 366 g/mol. The van der Waals surface area contributed by atoms with E-state index in [1.165, 1.54) is 29.5 Å². The van der Waals surface area contributed by atoms with Crippen LogP contribution in [0.5, 0.6) is 0 Å². The highest BCUT2D eigenvalue weighted by Gasteiger charge is 2.30. The molecule has 1 amide bonds. The summed E-state index contributed by atoms with van der Waals surface area (Å²) < 4.78 is 38.0. The molecule has 0 fully saturated rings. The Morgan fingerprint density at radius 1 is 1.28 bits per heavy atom. The van der Waals surface area contributed by atoms with Crippen LogP contribution in [0.15, 0.2) is 30.3 Å². The third-order valence-electron chi connectivity index (χ3n) is 3.61. The van der Waals surface area contributed by atoms with E-state index in [4.69, 9.17) is 0 Å². The number of allylic oxidation sites excluding steroid dienone is 1. The monoisotopic (exact) mass is 366 g/mol. The van der Waals surface area contributed by atoms with Gasteiger partial charge in [0.25, 0.3) is 5.91 Å². The van der Waals surface area contributed by atoms with Gasteiger partial charge in [-0.1, -0.05) is 6.07 Å². The minimum atomic E-state index is -4.48. The van der Waals surface area contributed by atoms with Crippen LogP contribution in [-0.4, -0.2) is 23.2 Å². The molecule has 0 saturated heterocycles. The van der Waals surface area contributed by atoms with Gasteiger partial charge in [0.2, 0.25) is 0 Å². The number of halogens is 3. The molecule has 0 atom stereocenters. The fraction of sp³-hybridized carbons (Fsp3) is 0.235. The maximum atomic E-state index is 12.7. The van der Waals surface area contributed by atoms with E-state index in [1.54, 1.807) is 6.08 Å². The lowest BCUT2D eigenvalue weighted by Gasteiger charge is -2.09. The van der Waals surface area contributed by atoms with Gasteiger partial charge in [0.15, 0.2) is 5.78 Å². The second kappa shape index (κ2) is 6.79. The lowest BCUT2D eigenvalue weighted by Crippen LogP contribution is -2.26. The van der Waals surface area contributed by atoms with Gasteiger partial charge in [-0.15, -0.1) is 11.3 Å². The van der Waals surface area contributed by atoms with Crippen molar-refractivity contribution in [1.29, 1.82) is 0 Å². The van der Waals surface area contributed by atoms with Crippen LogP contribution in [0.1, 0.15) is 31.5 Å². The topological polar surface area (TPSA) is 59.1 Å². The summed E-state index contributed by atoms with van der Waals surface area (Å²) in [7, 11) is 0. The summed E-state index contributed by atoms with van der Waals surface area (Å²) in [6.07, 6.45) is -0.546. The van der Waals surface area contributed by atoms with Crippen molar-refractivity contribution in [3.05, 3.63) is 57.0 Å². The van der Waals surface area contributed by atoms with Crippen LogP contribution in [-0.2, 0) is 23.8 Å². The van der Waals surface area contributed by atoms with E-state index >= 15 is 0 Å². The van der Waals surface area contributed by atoms with Crippen LogP contribution < -0.4 is 5.32 Å². The number of rotatable bonds is 4. The van der Waals surface area contributed by atoms with Gasteiger partial charge in [-0.2, -0.15) is 13.2 Å². The first-order valence-corrected chi connectivity index (χ1v) is 8.29. The molecule has 3 rings (SSSR count). The molecule has 0 spiro atoms. The second-order valence-corrected chi connectivity index (χ2v) is 6.65. The summed E-state index contributed by atoms with van der Waals surface area (Å²) in [5.74, 6) is -0.539. The van der Waals surface area contributed by atoms with Crippen LogP contribution in [0.25, 0.3) is 6.08 Å². The highest BCUT2D eigenvalue weighted by molar-refractivity contribution is 7.12. The van der Waals surface area contributed by atoms with Crippen LogP contribution in [0.4, 0.5) is 13.2 Å². The SMILES string of the molecule is O=C1C=Cc2nc(CCNC(=O)c3cccc(C(F)(F)F)c3)sc2C1. The van der Waals surface area contributed by atoms with E-state index in [0.717, 1.165) is 27.7 Å². The van der Waals surface area contributed by atoms with E-state index in [9.17, 15) is 22.8 Å². The molecular formula is C17H13F3N2O2S. The Morgan fingerprint density at radius 3 is 2.84 bits per heavy atom. The molecule has 0 unspecified atom stereocenters. The van der Waals surface area contributed by atoms with Gasteiger partial charge in [0.05, 0.1) is 16.3 Å². The van der Waals surface area contributed by atoms with Crippen molar-refractivity contribution >= 4 is 29.1 Å². The largest absolute Gasteiger partial charge is 0.416 e. The number of fused-ring (bicyclic) bond motifs is 1.